The van der Waals surface area contributed by atoms with Crippen molar-refractivity contribution in [2.75, 3.05) is 5.32 Å². The molecular weight excluding hydrogens is 395 g/mol. The number of alkyl halides is 3. The molecule has 0 unspecified atom stereocenters. The van der Waals surface area contributed by atoms with E-state index in [1.54, 1.807) is 12.3 Å². The lowest BCUT2D eigenvalue weighted by Gasteiger charge is -2.08. The number of nitrogens with zero attached hydrogens (tertiary/aromatic N) is 2. The topological polar surface area (TPSA) is 68.0 Å². The van der Waals surface area contributed by atoms with Crippen molar-refractivity contribution >= 4 is 22.5 Å². The number of hydrogen-bond acceptors (Lipinski definition) is 4. The highest BCUT2D eigenvalue weighted by Crippen LogP contribution is 2.32. The van der Waals surface area contributed by atoms with Crippen LogP contribution in [-0.2, 0) is 17.4 Å². The number of aryl methyl sites for hydroxylation is 1. The van der Waals surface area contributed by atoms with Gasteiger partial charge in [-0.25, -0.2) is 0 Å². The van der Waals surface area contributed by atoms with Gasteiger partial charge in [-0.1, -0.05) is 23.4 Å². The zero-order valence-electron chi connectivity index (χ0n) is 15.6. The van der Waals surface area contributed by atoms with E-state index in [4.69, 9.17) is 4.52 Å². The third kappa shape index (κ3) is 4.32. The number of hydrogen-bond donors (Lipinski definition) is 1. The molecule has 0 atom stereocenters. The van der Waals surface area contributed by atoms with Crippen LogP contribution in [0.1, 0.15) is 17.5 Å². The number of benzene rings is 2. The van der Waals surface area contributed by atoms with Crippen molar-refractivity contribution in [2.24, 2.45) is 0 Å². The summed E-state index contributed by atoms with van der Waals surface area (Å²) in [5.41, 5.74) is 1.87. The molecule has 0 aliphatic carbocycles. The van der Waals surface area contributed by atoms with Crippen molar-refractivity contribution < 1.29 is 22.5 Å². The third-order valence-electron chi connectivity index (χ3n) is 4.63. The first kappa shape index (κ1) is 19.6. The van der Waals surface area contributed by atoms with Crippen molar-refractivity contribution in [3.05, 3.63) is 78.1 Å². The summed E-state index contributed by atoms with van der Waals surface area (Å²) in [7, 11) is 0. The highest BCUT2D eigenvalue weighted by molar-refractivity contribution is 5.93. The molecule has 0 saturated carbocycles. The third-order valence-corrected chi connectivity index (χ3v) is 4.63. The van der Waals surface area contributed by atoms with Crippen LogP contribution in [0.4, 0.5) is 18.9 Å². The van der Waals surface area contributed by atoms with E-state index in [1.165, 1.54) is 18.3 Å². The molecule has 152 valence electrons. The van der Waals surface area contributed by atoms with E-state index in [-0.39, 0.29) is 12.3 Å². The van der Waals surface area contributed by atoms with Crippen LogP contribution in [0.15, 0.2) is 71.5 Å². The van der Waals surface area contributed by atoms with E-state index in [2.05, 4.69) is 15.5 Å². The number of halogens is 3. The molecule has 1 N–H and O–H groups in total. The number of nitrogens with one attached hydrogen (secondary N) is 1. The zero-order valence-corrected chi connectivity index (χ0v) is 15.6. The van der Waals surface area contributed by atoms with Gasteiger partial charge >= 0.3 is 6.18 Å². The van der Waals surface area contributed by atoms with Crippen molar-refractivity contribution in [1.82, 2.24) is 10.1 Å². The Bertz CT molecular complexity index is 1180. The maximum atomic E-state index is 12.7. The van der Waals surface area contributed by atoms with Crippen molar-refractivity contribution in [3.63, 3.8) is 0 Å². The Hall–Kier alpha value is -3.68. The minimum atomic E-state index is -4.40. The molecule has 4 rings (SSSR count). The Morgan fingerprint density at radius 3 is 2.63 bits per heavy atom. The van der Waals surface area contributed by atoms with Crippen LogP contribution in [0.25, 0.3) is 22.2 Å². The van der Waals surface area contributed by atoms with Gasteiger partial charge in [0.05, 0.1) is 17.3 Å². The van der Waals surface area contributed by atoms with Crippen LogP contribution in [-0.4, -0.2) is 16.0 Å². The average Bonchev–Trinajstić information content (AvgIpc) is 3.20. The summed E-state index contributed by atoms with van der Waals surface area (Å²) < 4.78 is 43.4. The van der Waals surface area contributed by atoms with Gasteiger partial charge in [0.1, 0.15) is 0 Å². The summed E-state index contributed by atoms with van der Waals surface area (Å²) in [4.78, 5) is 16.6. The first-order valence-electron chi connectivity index (χ1n) is 9.16. The Morgan fingerprint density at radius 1 is 1.07 bits per heavy atom. The largest absolute Gasteiger partial charge is 0.416 e. The number of amides is 1. The second-order valence-electron chi connectivity index (χ2n) is 6.71. The van der Waals surface area contributed by atoms with Gasteiger partial charge in [-0.05, 0) is 42.8 Å². The molecule has 0 fully saturated rings. The number of fused-ring (bicyclic) bond motifs is 1. The van der Waals surface area contributed by atoms with Gasteiger partial charge in [-0.15, -0.1) is 0 Å². The molecule has 0 aliphatic rings. The van der Waals surface area contributed by atoms with Crippen LogP contribution in [0.5, 0.6) is 0 Å². The molecule has 0 aliphatic heterocycles. The predicted molar refractivity (Wildman–Crippen MR) is 106 cm³/mol. The van der Waals surface area contributed by atoms with E-state index in [0.717, 1.165) is 23.0 Å². The van der Waals surface area contributed by atoms with Crippen LogP contribution >= 0.6 is 0 Å². The van der Waals surface area contributed by atoms with Crippen LogP contribution in [0.2, 0.25) is 0 Å². The Kier molecular flexibility index (Phi) is 5.22. The quantitative estimate of drug-likeness (QED) is 0.472. The fraction of sp³-hybridized carbons (Fsp3) is 0.136. The first-order chi connectivity index (χ1) is 14.4. The van der Waals surface area contributed by atoms with E-state index < -0.39 is 11.7 Å². The van der Waals surface area contributed by atoms with Crippen LogP contribution < -0.4 is 5.32 Å². The lowest BCUT2D eigenvalue weighted by molar-refractivity contribution is -0.137. The molecule has 5 nitrogen and oxygen atoms in total. The number of pyridine rings is 1. The van der Waals surface area contributed by atoms with E-state index in [9.17, 15) is 18.0 Å². The molecule has 2 aromatic heterocycles. The minimum absolute atomic E-state index is 0.167. The molecule has 2 heterocycles. The Morgan fingerprint density at radius 2 is 1.87 bits per heavy atom. The fourth-order valence-corrected chi connectivity index (χ4v) is 3.11. The second kappa shape index (κ2) is 7.98. The van der Waals surface area contributed by atoms with Crippen molar-refractivity contribution in [2.45, 2.75) is 19.0 Å². The predicted octanol–water partition coefficient (Wildman–Crippen LogP) is 5.48. The molecule has 4 aromatic rings. The second-order valence-corrected chi connectivity index (χ2v) is 6.71. The first-order valence-corrected chi connectivity index (χ1v) is 9.16. The highest BCUT2D eigenvalue weighted by atomic mass is 19.4. The summed E-state index contributed by atoms with van der Waals surface area (Å²) in [5.74, 6) is 0.158. The minimum Gasteiger partial charge on any atom is -0.356 e. The van der Waals surface area contributed by atoms with Gasteiger partial charge in [-0.2, -0.15) is 13.2 Å². The Labute approximate surface area is 169 Å². The van der Waals surface area contributed by atoms with Crippen LogP contribution in [0.3, 0.4) is 0 Å². The monoisotopic (exact) mass is 411 g/mol. The van der Waals surface area contributed by atoms with Gasteiger partial charge in [0.2, 0.25) is 5.91 Å². The normalized spacial score (nSPS) is 11.6. The molecule has 0 saturated heterocycles. The number of aromatic nitrogens is 2. The molecule has 1 amide bonds. The fourth-order valence-electron chi connectivity index (χ4n) is 3.11. The molecule has 0 spiro atoms. The van der Waals surface area contributed by atoms with Gasteiger partial charge < -0.3 is 9.84 Å². The van der Waals surface area contributed by atoms with E-state index in [0.29, 0.717) is 29.0 Å². The van der Waals surface area contributed by atoms with Crippen molar-refractivity contribution in [3.8, 4) is 11.3 Å². The molecule has 0 radical (unpaired) electrons. The lowest BCUT2D eigenvalue weighted by atomic mass is 10.0. The smallest absolute Gasteiger partial charge is 0.356 e. The average molecular weight is 411 g/mol. The maximum absolute atomic E-state index is 12.7. The summed E-state index contributed by atoms with van der Waals surface area (Å²) in [6.07, 6.45) is -0.726. The molecule has 0 bridgehead atoms. The van der Waals surface area contributed by atoms with Gasteiger partial charge in [-0.3, -0.25) is 9.78 Å². The number of carbonyl (C=O) groups excluding carboxylic acids is 1. The standard InChI is InChI=1S/C22H16F3N3O2/c23-22(24,25)17-6-3-14(4-7-17)21-16(13-27-30-21)5-10-20(29)28-18-8-9-19-15(12-18)2-1-11-26-19/h1-4,6-9,11-13H,5,10H2,(H,28,29). The van der Waals surface area contributed by atoms with Crippen molar-refractivity contribution in [1.29, 1.82) is 0 Å². The molecule has 8 heteroatoms. The molecular formula is C22H16F3N3O2. The van der Waals surface area contributed by atoms with Gasteiger partial charge in [0.15, 0.2) is 5.76 Å². The summed E-state index contributed by atoms with van der Waals surface area (Å²) in [6.45, 7) is 0. The Balaban J connectivity index is 1.42. The number of anilines is 1. The molecule has 2 aromatic carbocycles. The maximum Gasteiger partial charge on any atom is 0.416 e. The highest BCUT2D eigenvalue weighted by Gasteiger charge is 2.30. The SMILES string of the molecule is O=C(CCc1cnoc1-c1ccc(C(F)(F)F)cc1)Nc1ccc2ncccc2c1. The summed E-state index contributed by atoms with van der Waals surface area (Å²) >= 11 is 0. The van der Waals surface area contributed by atoms with E-state index >= 15 is 0 Å². The van der Waals surface area contributed by atoms with Crippen LogP contribution in [0, 0.1) is 0 Å². The lowest BCUT2D eigenvalue weighted by Crippen LogP contribution is -2.12. The summed E-state index contributed by atoms with van der Waals surface area (Å²) in [5, 5.41) is 7.48. The number of carbonyl (C=O) groups is 1. The zero-order chi connectivity index (χ0) is 21.1. The molecule has 30 heavy (non-hydrogen) atoms. The van der Waals surface area contributed by atoms with E-state index in [1.807, 2.05) is 24.3 Å². The number of rotatable bonds is 5. The summed E-state index contributed by atoms with van der Waals surface area (Å²) in [6, 6.07) is 13.8. The van der Waals surface area contributed by atoms with Gasteiger partial charge in [0.25, 0.3) is 0 Å². The van der Waals surface area contributed by atoms with Gasteiger partial charge in [0, 0.05) is 34.8 Å².